The van der Waals surface area contributed by atoms with Crippen LogP contribution in [0.5, 0.6) is 5.75 Å². The molecule has 0 aliphatic rings. The topological polar surface area (TPSA) is 50.4 Å². The molecular formula is C15H14BrClN2O2. The van der Waals surface area contributed by atoms with Crippen LogP contribution in [0.25, 0.3) is 0 Å². The Morgan fingerprint density at radius 2 is 2.05 bits per heavy atom. The van der Waals surface area contributed by atoms with Gasteiger partial charge in [-0.25, -0.2) is 4.79 Å². The molecule has 21 heavy (non-hydrogen) atoms. The molecule has 0 heterocycles. The van der Waals surface area contributed by atoms with Crippen LogP contribution in [0.1, 0.15) is 5.56 Å². The summed E-state index contributed by atoms with van der Waals surface area (Å²) in [4.78, 5) is 11.9. The molecule has 0 saturated carbocycles. The number of amides is 2. The van der Waals surface area contributed by atoms with Crippen LogP contribution in [0.3, 0.4) is 0 Å². The van der Waals surface area contributed by atoms with Crippen molar-refractivity contribution in [3.05, 3.63) is 57.5 Å². The highest BCUT2D eigenvalue weighted by atomic mass is 79.9. The van der Waals surface area contributed by atoms with Crippen molar-refractivity contribution in [1.29, 1.82) is 0 Å². The predicted octanol–water partition coefficient (Wildman–Crippen LogP) is 4.43. The zero-order chi connectivity index (χ0) is 15.2. The molecule has 2 amide bonds. The Labute approximate surface area is 136 Å². The molecule has 0 radical (unpaired) electrons. The number of hydrogen-bond acceptors (Lipinski definition) is 2. The highest BCUT2D eigenvalue weighted by molar-refractivity contribution is 9.10. The van der Waals surface area contributed by atoms with Crippen LogP contribution in [0.4, 0.5) is 10.5 Å². The zero-order valence-electron chi connectivity index (χ0n) is 11.3. The summed E-state index contributed by atoms with van der Waals surface area (Å²) in [6.07, 6.45) is 0. The molecule has 0 aliphatic heterocycles. The number of rotatable bonds is 4. The number of anilines is 1. The van der Waals surface area contributed by atoms with E-state index in [9.17, 15) is 4.79 Å². The molecule has 0 atom stereocenters. The van der Waals surface area contributed by atoms with Gasteiger partial charge in [-0.15, -0.1) is 0 Å². The van der Waals surface area contributed by atoms with Crippen molar-refractivity contribution in [2.24, 2.45) is 0 Å². The minimum atomic E-state index is -0.329. The standard InChI is InChI=1S/C15H14BrClN2O2/c1-21-14-5-3-2-4-10(14)9-18-15(20)19-13-7-6-11(16)8-12(13)17/h2-8H,9H2,1H3,(H2,18,19,20). The average molecular weight is 370 g/mol. The maximum Gasteiger partial charge on any atom is 0.319 e. The lowest BCUT2D eigenvalue weighted by molar-refractivity contribution is 0.251. The molecule has 0 saturated heterocycles. The van der Waals surface area contributed by atoms with E-state index in [2.05, 4.69) is 26.6 Å². The maximum atomic E-state index is 11.9. The second-order valence-corrected chi connectivity index (χ2v) is 5.57. The molecule has 0 unspecified atom stereocenters. The molecule has 0 aromatic heterocycles. The van der Waals surface area contributed by atoms with Crippen molar-refractivity contribution >= 4 is 39.2 Å². The smallest absolute Gasteiger partial charge is 0.319 e. The normalized spacial score (nSPS) is 10.0. The van der Waals surface area contributed by atoms with E-state index in [-0.39, 0.29) is 6.03 Å². The number of benzene rings is 2. The molecule has 0 spiro atoms. The quantitative estimate of drug-likeness (QED) is 0.837. The van der Waals surface area contributed by atoms with Gasteiger partial charge in [0, 0.05) is 16.6 Å². The van der Waals surface area contributed by atoms with E-state index < -0.39 is 0 Å². The molecular weight excluding hydrogens is 356 g/mol. The number of carbonyl (C=O) groups is 1. The number of methoxy groups -OCH3 is 1. The summed E-state index contributed by atoms with van der Waals surface area (Å²) >= 11 is 9.36. The molecule has 0 fully saturated rings. The van der Waals surface area contributed by atoms with Crippen LogP contribution in [0.15, 0.2) is 46.9 Å². The van der Waals surface area contributed by atoms with Gasteiger partial charge in [-0.05, 0) is 24.3 Å². The average Bonchev–Trinajstić information content (AvgIpc) is 2.48. The van der Waals surface area contributed by atoms with E-state index in [4.69, 9.17) is 16.3 Å². The van der Waals surface area contributed by atoms with Gasteiger partial charge in [0.2, 0.25) is 0 Å². The Bertz CT molecular complexity index is 649. The van der Waals surface area contributed by atoms with E-state index in [1.54, 1.807) is 19.2 Å². The fourth-order valence-corrected chi connectivity index (χ4v) is 2.50. The van der Waals surface area contributed by atoms with Gasteiger partial charge in [0.25, 0.3) is 0 Å². The number of halogens is 2. The monoisotopic (exact) mass is 368 g/mol. The van der Waals surface area contributed by atoms with Crippen LogP contribution >= 0.6 is 27.5 Å². The van der Waals surface area contributed by atoms with E-state index in [1.165, 1.54) is 0 Å². The summed E-state index contributed by atoms with van der Waals surface area (Å²) in [7, 11) is 1.60. The van der Waals surface area contributed by atoms with E-state index in [0.717, 1.165) is 15.8 Å². The van der Waals surface area contributed by atoms with Crippen molar-refractivity contribution in [3.63, 3.8) is 0 Å². The van der Waals surface area contributed by atoms with Crippen LogP contribution in [0.2, 0.25) is 5.02 Å². The SMILES string of the molecule is COc1ccccc1CNC(=O)Nc1ccc(Br)cc1Cl. The van der Waals surface area contributed by atoms with Gasteiger partial charge in [0.1, 0.15) is 5.75 Å². The summed E-state index contributed by atoms with van der Waals surface area (Å²) in [5.74, 6) is 0.736. The Morgan fingerprint density at radius 1 is 1.29 bits per heavy atom. The fraction of sp³-hybridized carbons (Fsp3) is 0.133. The van der Waals surface area contributed by atoms with Crippen molar-refractivity contribution in [3.8, 4) is 5.75 Å². The van der Waals surface area contributed by atoms with Crippen LogP contribution in [-0.2, 0) is 6.54 Å². The minimum absolute atomic E-state index is 0.329. The summed E-state index contributed by atoms with van der Waals surface area (Å²) in [5.41, 5.74) is 1.45. The van der Waals surface area contributed by atoms with Crippen molar-refractivity contribution in [2.45, 2.75) is 6.54 Å². The third-order valence-corrected chi connectivity index (χ3v) is 3.62. The minimum Gasteiger partial charge on any atom is -0.496 e. The number of nitrogens with one attached hydrogen (secondary N) is 2. The second-order valence-electron chi connectivity index (χ2n) is 4.24. The van der Waals surface area contributed by atoms with Crippen molar-refractivity contribution in [2.75, 3.05) is 12.4 Å². The number of ether oxygens (including phenoxy) is 1. The third-order valence-electron chi connectivity index (χ3n) is 2.81. The molecule has 0 aliphatic carbocycles. The lowest BCUT2D eigenvalue weighted by atomic mass is 10.2. The number of para-hydroxylation sites is 1. The first-order chi connectivity index (χ1) is 10.1. The lowest BCUT2D eigenvalue weighted by Gasteiger charge is -2.11. The van der Waals surface area contributed by atoms with E-state index in [1.807, 2.05) is 30.3 Å². The number of hydrogen-bond donors (Lipinski definition) is 2. The largest absolute Gasteiger partial charge is 0.496 e. The zero-order valence-corrected chi connectivity index (χ0v) is 13.7. The van der Waals surface area contributed by atoms with Gasteiger partial charge >= 0.3 is 6.03 Å². The first-order valence-electron chi connectivity index (χ1n) is 6.22. The van der Waals surface area contributed by atoms with Gasteiger partial charge in [0.05, 0.1) is 17.8 Å². The molecule has 2 aromatic carbocycles. The molecule has 2 aromatic rings. The predicted molar refractivity (Wildman–Crippen MR) is 88.0 cm³/mol. The first kappa shape index (κ1) is 15.7. The van der Waals surface area contributed by atoms with Crippen LogP contribution in [-0.4, -0.2) is 13.1 Å². The maximum absolute atomic E-state index is 11.9. The van der Waals surface area contributed by atoms with Crippen molar-refractivity contribution < 1.29 is 9.53 Å². The van der Waals surface area contributed by atoms with Crippen molar-refractivity contribution in [1.82, 2.24) is 5.32 Å². The van der Waals surface area contributed by atoms with E-state index >= 15 is 0 Å². The molecule has 2 N–H and O–H groups in total. The highest BCUT2D eigenvalue weighted by Crippen LogP contribution is 2.25. The second kappa shape index (κ2) is 7.33. The van der Waals surface area contributed by atoms with Gasteiger partial charge in [-0.1, -0.05) is 45.7 Å². The molecule has 4 nitrogen and oxygen atoms in total. The summed E-state index contributed by atoms with van der Waals surface area (Å²) in [6, 6.07) is 12.4. The summed E-state index contributed by atoms with van der Waals surface area (Å²) in [5, 5.41) is 5.93. The summed E-state index contributed by atoms with van der Waals surface area (Å²) in [6.45, 7) is 0.365. The molecule has 110 valence electrons. The van der Waals surface area contributed by atoms with Gasteiger partial charge in [-0.2, -0.15) is 0 Å². The first-order valence-corrected chi connectivity index (χ1v) is 7.39. The van der Waals surface area contributed by atoms with Gasteiger partial charge in [-0.3, -0.25) is 0 Å². The highest BCUT2D eigenvalue weighted by Gasteiger charge is 2.07. The molecule has 6 heteroatoms. The lowest BCUT2D eigenvalue weighted by Crippen LogP contribution is -2.28. The number of urea groups is 1. The van der Waals surface area contributed by atoms with Gasteiger partial charge in [0.15, 0.2) is 0 Å². The molecule has 2 rings (SSSR count). The third kappa shape index (κ3) is 4.37. The summed E-state index contributed by atoms with van der Waals surface area (Å²) < 4.78 is 6.08. The molecule has 0 bridgehead atoms. The Kier molecular flexibility index (Phi) is 5.47. The van der Waals surface area contributed by atoms with Crippen LogP contribution in [0, 0.1) is 0 Å². The fourth-order valence-electron chi connectivity index (χ4n) is 1.78. The Balaban J connectivity index is 1.96. The van der Waals surface area contributed by atoms with E-state index in [0.29, 0.717) is 17.3 Å². The Hall–Kier alpha value is -1.72. The Morgan fingerprint density at radius 3 is 2.76 bits per heavy atom. The van der Waals surface area contributed by atoms with Gasteiger partial charge < -0.3 is 15.4 Å². The van der Waals surface area contributed by atoms with Crippen LogP contribution < -0.4 is 15.4 Å². The number of carbonyl (C=O) groups excluding carboxylic acids is 1.